The number of H-pyrrole nitrogens is 2. The zero-order valence-electron chi connectivity index (χ0n) is 23.4. The van der Waals surface area contributed by atoms with Gasteiger partial charge in [0.1, 0.15) is 17.6 Å². The number of aromatic amines is 2. The number of pyridine rings is 1. The van der Waals surface area contributed by atoms with Crippen LogP contribution in [0.15, 0.2) is 29.3 Å². The smallest absolute Gasteiger partial charge is 0.356 e. The van der Waals surface area contributed by atoms with Gasteiger partial charge in [-0.05, 0) is 63.3 Å². The van der Waals surface area contributed by atoms with Crippen LogP contribution < -0.4 is 5.56 Å². The second-order valence-corrected chi connectivity index (χ2v) is 12.0. The zero-order chi connectivity index (χ0) is 29.7. The molecule has 0 aliphatic carbocycles. The van der Waals surface area contributed by atoms with Crippen LogP contribution in [0.4, 0.5) is 17.6 Å². The molecule has 1 aromatic carbocycles. The van der Waals surface area contributed by atoms with Crippen LogP contribution in [0.5, 0.6) is 0 Å². The van der Waals surface area contributed by atoms with Gasteiger partial charge in [0.2, 0.25) is 0 Å². The molecule has 0 spiro atoms. The minimum atomic E-state index is -4.69. The molecule has 0 saturated carbocycles. The van der Waals surface area contributed by atoms with E-state index in [9.17, 15) is 22.4 Å². The quantitative estimate of drug-likeness (QED) is 0.253. The van der Waals surface area contributed by atoms with E-state index in [0.717, 1.165) is 19.3 Å². The second-order valence-electron chi connectivity index (χ2n) is 12.0. The molecule has 13 heteroatoms. The number of alkyl halides is 4. The highest BCUT2D eigenvalue weighted by molar-refractivity contribution is 6.12. The van der Waals surface area contributed by atoms with Crippen molar-refractivity contribution in [2.45, 2.75) is 69.6 Å². The van der Waals surface area contributed by atoms with E-state index in [0.29, 0.717) is 42.7 Å². The predicted octanol–water partition coefficient (Wildman–Crippen LogP) is 5.88. The van der Waals surface area contributed by atoms with Gasteiger partial charge in [0, 0.05) is 42.1 Å². The van der Waals surface area contributed by atoms with Gasteiger partial charge >= 0.3 is 6.18 Å². The Balaban J connectivity index is 1.38. The lowest BCUT2D eigenvalue weighted by Crippen LogP contribution is -2.38. The van der Waals surface area contributed by atoms with Gasteiger partial charge in [-0.3, -0.25) is 14.7 Å². The molecule has 1 unspecified atom stereocenters. The number of ether oxygens (including phenoxy) is 1. The van der Waals surface area contributed by atoms with Crippen molar-refractivity contribution < 1.29 is 22.3 Å². The van der Waals surface area contributed by atoms with Crippen molar-refractivity contribution in [2.24, 2.45) is 0 Å². The molecule has 4 aromatic heterocycles. The number of hydrogen-bond donors (Lipinski definition) is 2. The van der Waals surface area contributed by atoms with E-state index in [-0.39, 0.29) is 58.0 Å². The Hall–Kier alpha value is -3.84. The maximum Gasteiger partial charge on any atom is 0.417 e. The minimum Gasteiger partial charge on any atom is -0.356 e. The lowest BCUT2D eigenvalue weighted by molar-refractivity contribution is -0.137. The fourth-order valence-corrected chi connectivity index (χ4v) is 7.68. The topological polar surface area (TPSA) is 105 Å². The first-order valence-corrected chi connectivity index (χ1v) is 14.7. The van der Waals surface area contributed by atoms with Crippen molar-refractivity contribution in [1.82, 2.24) is 34.6 Å². The summed E-state index contributed by atoms with van der Waals surface area (Å²) in [5, 5.41) is 5.40. The second kappa shape index (κ2) is 9.33. The number of nitrogens with one attached hydrogen (secondary N) is 2. The molecular weight excluding hydrogens is 566 g/mol. The summed E-state index contributed by atoms with van der Waals surface area (Å²) in [5.74, 6) is 0.381. The molecule has 2 N–H and O–H groups in total. The molecule has 43 heavy (non-hydrogen) atoms. The first-order valence-electron chi connectivity index (χ1n) is 14.7. The summed E-state index contributed by atoms with van der Waals surface area (Å²) >= 11 is 0. The van der Waals surface area contributed by atoms with E-state index in [4.69, 9.17) is 9.72 Å². The summed E-state index contributed by atoms with van der Waals surface area (Å²) < 4.78 is 66.3. The Labute approximate surface area is 242 Å². The number of benzene rings is 1. The molecule has 0 radical (unpaired) electrons. The van der Waals surface area contributed by atoms with Crippen molar-refractivity contribution in [3.05, 3.63) is 51.8 Å². The maximum absolute atomic E-state index is 14.7. The highest BCUT2D eigenvalue weighted by Crippen LogP contribution is 2.48. The number of halogens is 4. The molecule has 224 valence electrons. The third-order valence-electron chi connectivity index (χ3n) is 9.47. The van der Waals surface area contributed by atoms with Crippen LogP contribution in [0, 0.1) is 6.92 Å². The lowest BCUT2D eigenvalue weighted by atomic mass is 9.92. The minimum absolute atomic E-state index is 0.0307. The monoisotopic (exact) mass is 595 g/mol. The highest BCUT2D eigenvalue weighted by atomic mass is 19.4. The number of hydrogen-bond acceptors (Lipinski definition) is 6. The Kier molecular flexibility index (Phi) is 5.81. The third kappa shape index (κ3) is 3.90. The van der Waals surface area contributed by atoms with Gasteiger partial charge in [0.05, 0.1) is 39.4 Å². The van der Waals surface area contributed by atoms with Crippen LogP contribution in [0.2, 0.25) is 0 Å². The van der Waals surface area contributed by atoms with Crippen molar-refractivity contribution in [2.75, 3.05) is 19.7 Å². The van der Waals surface area contributed by atoms with Gasteiger partial charge in [0.25, 0.3) is 5.56 Å². The SMILES string of the molecule is Cc1cc2c(cnn2C2CCCCO2)c(-c2nccc3c2[nH]c2nc([C@@]45CCCN4C[C@H](F)C5)[nH]c(=O)c23)c1C(F)(F)F. The van der Waals surface area contributed by atoms with E-state index >= 15 is 0 Å². The Morgan fingerprint density at radius 3 is 2.81 bits per heavy atom. The lowest BCUT2D eigenvalue weighted by Gasteiger charge is -2.30. The molecule has 3 atom stereocenters. The Morgan fingerprint density at radius 1 is 1.16 bits per heavy atom. The standard InChI is InChI=1S/C30H29F4N7O2/c1-15-11-19-18(13-36-41(19)20-5-2-3-10-43-20)21(23(15)30(32,33)34)25-24-17(6-8-35-25)22-26(37-24)38-28(39-27(22)42)29-7-4-9-40(29)14-16(31)12-29/h6,8,11,13,16,20H,2-5,7,9-10,12,14H2,1H3,(H2,37,38,39,42)/t16-,20?,29+/m1/s1. The molecule has 3 aliphatic rings. The predicted molar refractivity (Wildman–Crippen MR) is 151 cm³/mol. The van der Waals surface area contributed by atoms with Crippen LogP contribution in [0.25, 0.3) is 44.1 Å². The van der Waals surface area contributed by atoms with Crippen LogP contribution in [0.1, 0.15) is 61.7 Å². The van der Waals surface area contributed by atoms with Crippen molar-refractivity contribution >= 4 is 32.8 Å². The summed E-state index contributed by atoms with van der Waals surface area (Å²) in [5.41, 5.74) is -0.969. The van der Waals surface area contributed by atoms with Gasteiger partial charge in [-0.2, -0.15) is 18.3 Å². The molecule has 7 heterocycles. The van der Waals surface area contributed by atoms with Crippen LogP contribution in [0.3, 0.4) is 0 Å². The summed E-state index contributed by atoms with van der Waals surface area (Å²) in [6.07, 6.45) is 1.08. The summed E-state index contributed by atoms with van der Waals surface area (Å²) in [7, 11) is 0. The van der Waals surface area contributed by atoms with Crippen LogP contribution in [-0.2, 0) is 16.5 Å². The van der Waals surface area contributed by atoms with Crippen LogP contribution in [-0.4, -0.2) is 60.5 Å². The highest BCUT2D eigenvalue weighted by Gasteiger charge is 2.51. The molecule has 0 bridgehead atoms. The van der Waals surface area contributed by atoms with Crippen molar-refractivity contribution in [3.8, 4) is 11.3 Å². The first-order chi connectivity index (χ1) is 20.7. The number of rotatable bonds is 3. The molecule has 3 saturated heterocycles. The third-order valence-corrected chi connectivity index (χ3v) is 9.47. The molecule has 9 nitrogen and oxygen atoms in total. The van der Waals surface area contributed by atoms with E-state index in [2.05, 4.69) is 20.1 Å². The molecule has 8 rings (SSSR count). The average Bonchev–Trinajstić information content (AvgIpc) is 3.72. The first kappa shape index (κ1) is 26.8. The molecule has 3 fully saturated rings. The summed E-state index contributed by atoms with van der Waals surface area (Å²) in [6, 6.07) is 3.10. The summed E-state index contributed by atoms with van der Waals surface area (Å²) in [4.78, 5) is 30.9. The van der Waals surface area contributed by atoms with E-state index < -0.39 is 29.0 Å². The zero-order valence-corrected chi connectivity index (χ0v) is 23.4. The van der Waals surface area contributed by atoms with Crippen molar-refractivity contribution in [3.63, 3.8) is 0 Å². The normalized spacial score (nSPS) is 25.0. The number of aryl methyl sites for hydroxylation is 1. The van der Waals surface area contributed by atoms with Gasteiger partial charge in [-0.1, -0.05) is 0 Å². The fraction of sp³-hybridized carbons (Fsp3) is 0.467. The molecular formula is C30H29F4N7O2. The van der Waals surface area contributed by atoms with Gasteiger partial charge < -0.3 is 14.7 Å². The van der Waals surface area contributed by atoms with E-state index in [1.165, 1.54) is 25.4 Å². The fourth-order valence-electron chi connectivity index (χ4n) is 7.68. The maximum atomic E-state index is 14.7. The molecule has 0 amide bonds. The Bertz CT molecular complexity index is 1970. The Morgan fingerprint density at radius 2 is 2.02 bits per heavy atom. The van der Waals surface area contributed by atoms with Crippen molar-refractivity contribution in [1.29, 1.82) is 0 Å². The molecule has 3 aliphatic heterocycles. The van der Waals surface area contributed by atoms with E-state index in [1.807, 2.05) is 4.90 Å². The number of nitrogens with zero attached hydrogens (tertiary/aromatic N) is 5. The summed E-state index contributed by atoms with van der Waals surface area (Å²) in [6.45, 7) is 2.99. The van der Waals surface area contributed by atoms with Gasteiger partial charge in [-0.25, -0.2) is 14.1 Å². The average molecular weight is 596 g/mol. The van der Waals surface area contributed by atoms with E-state index in [1.54, 1.807) is 10.7 Å². The number of aromatic nitrogens is 6. The van der Waals surface area contributed by atoms with Gasteiger partial charge in [-0.15, -0.1) is 0 Å². The van der Waals surface area contributed by atoms with Gasteiger partial charge in [0.15, 0.2) is 6.23 Å². The number of fused-ring (bicyclic) bond motifs is 5. The largest absolute Gasteiger partial charge is 0.417 e. The molecule has 5 aromatic rings. The van der Waals surface area contributed by atoms with Crippen LogP contribution >= 0.6 is 0 Å².